The fraction of sp³-hybridized carbons (Fsp3) is 0.286. The van der Waals surface area contributed by atoms with Crippen LogP contribution >= 0.6 is 0 Å². The molecule has 98 valence electrons. The number of aromatic hydroxyl groups is 1. The molecule has 1 aliphatic rings. The predicted molar refractivity (Wildman–Crippen MR) is 67.7 cm³/mol. The molecule has 2 aromatic heterocycles. The molecule has 0 spiro atoms. The smallest absolute Gasteiger partial charge is 0.272 e. The van der Waals surface area contributed by atoms with Crippen molar-refractivity contribution >= 4 is 5.91 Å². The second-order valence-corrected chi connectivity index (χ2v) is 4.76. The Kier molecular flexibility index (Phi) is 2.95. The minimum absolute atomic E-state index is 0.0656. The van der Waals surface area contributed by atoms with Crippen molar-refractivity contribution in [2.45, 2.75) is 6.42 Å². The summed E-state index contributed by atoms with van der Waals surface area (Å²) in [4.78, 5) is 17.7. The number of nitrogens with zero attached hydrogens (tertiary/aromatic N) is 2. The van der Waals surface area contributed by atoms with E-state index in [-0.39, 0.29) is 11.7 Å². The van der Waals surface area contributed by atoms with E-state index in [1.807, 2.05) is 12.1 Å². The van der Waals surface area contributed by atoms with Crippen molar-refractivity contribution in [3.8, 4) is 5.75 Å². The largest absolute Gasteiger partial charge is 0.506 e. The van der Waals surface area contributed by atoms with E-state index in [2.05, 4.69) is 4.98 Å². The molecule has 0 aromatic carbocycles. The van der Waals surface area contributed by atoms with Crippen LogP contribution in [0, 0.1) is 5.92 Å². The second-order valence-electron chi connectivity index (χ2n) is 4.76. The molecule has 2 aromatic rings. The maximum Gasteiger partial charge on any atom is 0.272 e. The lowest BCUT2D eigenvalue weighted by Gasteiger charge is -2.38. The zero-order valence-corrected chi connectivity index (χ0v) is 10.3. The van der Waals surface area contributed by atoms with Crippen molar-refractivity contribution in [1.82, 2.24) is 9.88 Å². The Morgan fingerprint density at radius 1 is 1.42 bits per heavy atom. The second kappa shape index (κ2) is 4.76. The van der Waals surface area contributed by atoms with Gasteiger partial charge in [0.1, 0.15) is 17.2 Å². The van der Waals surface area contributed by atoms with E-state index in [0.717, 1.165) is 25.3 Å². The SMILES string of the molecule is O=C(c1ccc(O)cn1)N1CC(Cc2ccco2)C1. The number of carbonyl (C=O) groups is 1. The van der Waals surface area contributed by atoms with Gasteiger partial charge in [0.15, 0.2) is 0 Å². The van der Waals surface area contributed by atoms with Crippen molar-refractivity contribution in [2.24, 2.45) is 5.92 Å². The van der Waals surface area contributed by atoms with Crippen molar-refractivity contribution < 1.29 is 14.3 Å². The molecular weight excluding hydrogens is 244 g/mol. The molecule has 19 heavy (non-hydrogen) atoms. The summed E-state index contributed by atoms with van der Waals surface area (Å²) >= 11 is 0. The molecule has 1 aliphatic heterocycles. The van der Waals surface area contributed by atoms with Crippen molar-refractivity contribution in [2.75, 3.05) is 13.1 Å². The summed E-state index contributed by atoms with van der Waals surface area (Å²) in [6.45, 7) is 1.45. The van der Waals surface area contributed by atoms with Gasteiger partial charge in [0.2, 0.25) is 0 Å². The first-order valence-electron chi connectivity index (χ1n) is 6.19. The van der Waals surface area contributed by atoms with Gasteiger partial charge < -0.3 is 14.4 Å². The molecule has 1 saturated heterocycles. The third kappa shape index (κ3) is 2.45. The highest BCUT2D eigenvalue weighted by molar-refractivity contribution is 5.92. The molecule has 3 heterocycles. The van der Waals surface area contributed by atoms with Crippen molar-refractivity contribution in [3.05, 3.63) is 48.2 Å². The molecule has 1 N–H and O–H groups in total. The van der Waals surface area contributed by atoms with E-state index >= 15 is 0 Å². The van der Waals surface area contributed by atoms with Crippen LogP contribution in [-0.4, -0.2) is 34.0 Å². The van der Waals surface area contributed by atoms with Gasteiger partial charge in [-0.15, -0.1) is 0 Å². The maximum atomic E-state index is 12.0. The molecule has 3 rings (SSSR count). The van der Waals surface area contributed by atoms with Crippen LogP contribution in [0.1, 0.15) is 16.2 Å². The predicted octanol–water partition coefficient (Wildman–Crippen LogP) is 1.69. The first-order valence-corrected chi connectivity index (χ1v) is 6.19. The fourth-order valence-electron chi connectivity index (χ4n) is 2.25. The first-order chi connectivity index (χ1) is 9.22. The number of hydrogen-bond acceptors (Lipinski definition) is 4. The number of hydrogen-bond donors (Lipinski definition) is 1. The van der Waals surface area contributed by atoms with E-state index < -0.39 is 0 Å². The third-order valence-corrected chi connectivity index (χ3v) is 3.28. The van der Waals surface area contributed by atoms with E-state index in [1.165, 1.54) is 18.3 Å². The molecule has 5 heteroatoms. The molecular formula is C14H14N2O3. The zero-order valence-electron chi connectivity index (χ0n) is 10.3. The van der Waals surface area contributed by atoms with Gasteiger partial charge in [-0.2, -0.15) is 0 Å². The third-order valence-electron chi connectivity index (χ3n) is 3.28. The average Bonchev–Trinajstić information content (AvgIpc) is 2.86. The van der Waals surface area contributed by atoms with Crippen LogP contribution in [-0.2, 0) is 6.42 Å². The van der Waals surface area contributed by atoms with E-state index in [0.29, 0.717) is 11.6 Å². The van der Waals surface area contributed by atoms with Gasteiger partial charge in [0, 0.05) is 25.4 Å². The number of aromatic nitrogens is 1. The monoisotopic (exact) mass is 258 g/mol. The summed E-state index contributed by atoms with van der Waals surface area (Å²) in [6.07, 6.45) is 3.81. The number of likely N-dealkylation sites (tertiary alicyclic amines) is 1. The number of rotatable bonds is 3. The van der Waals surface area contributed by atoms with Gasteiger partial charge in [0.25, 0.3) is 5.91 Å². The standard InChI is InChI=1S/C14H14N2O3/c17-11-3-4-13(15-7-11)14(18)16-8-10(9-16)6-12-2-1-5-19-12/h1-5,7,10,17H,6,8-9H2. The summed E-state index contributed by atoms with van der Waals surface area (Å²) in [6, 6.07) is 6.83. The van der Waals surface area contributed by atoms with Crippen LogP contribution in [0.4, 0.5) is 0 Å². The highest BCUT2D eigenvalue weighted by Gasteiger charge is 2.32. The Morgan fingerprint density at radius 2 is 2.26 bits per heavy atom. The van der Waals surface area contributed by atoms with E-state index in [4.69, 9.17) is 9.52 Å². The molecule has 0 unspecified atom stereocenters. The Hall–Kier alpha value is -2.30. The minimum atomic E-state index is -0.0873. The fourth-order valence-corrected chi connectivity index (χ4v) is 2.25. The first kappa shape index (κ1) is 11.8. The molecule has 0 atom stereocenters. The summed E-state index contributed by atoms with van der Waals surface area (Å²) in [7, 11) is 0. The molecule has 1 fully saturated rings. The maximum absolute atomic E-state index is 12.0. The quantitative estimate of drug-likeness (QED) is 0.909. The highest BCUT2D eigenvalue weighted by Crippen LogP contribution is 2.22. The Balaban J connectivity index is 1.55. The normalized spacial score (nSPS) is 15.3. The number of amides is 1. The van der Waals surface area contributed by atoms with Crippen LogP contribution in [0.5, 0.6) is 5.75 Å². The van der Waals surface area contributed by atoms with Gasteiger partial charge in [-0.05, 0) is 24.3 Å². The van der Waals surface area contributed by atoms with Crippen molar-refractivity contribution in [1.29, 1.82) is 0 Å². The lowest BCUT2D eigenvalue weighted by molar-refractivity contribution is 0.0486. The van der Waals surface area contributed by atoms with Crippen LogP contribution in [0.2, 0.25) is 0 Å². The lowest BCUT2D eigenvalue weighted by atomic mass is 9.94. The summed E-state index contributed by atoms with van der Waals surface area (Å²) < 4.78 is 5.29. The Morgan fingerprint density at radius 3 is 2.89 bits per heavy atom. The van der Waals surface area contributed by atoms with Gasteiger partial charge in [-0.1, -0.05) is 0 Å². The van der Waals surface area contributed by atoms with Crippen LogP contribution in [0.15, 0.2) is 41.1 Å². The van der Waals surface area contributed by atoms with Crippen LogP contribution in [0.25, 0.3) is 0 Å². The summed E-state index contributed by atoms with van der Waals surface area (Å²) in [5.41, 5.74) is 0.370. The number of pyridine rings is 1. The van der Waals surface area contributed by atoms with Gasteiger partial charge >= 0.3 is 0 Å². The number of furan rings is 1. The molecule has 0 aliphatic carbocycles. The van der Waals surface area contributed by atoms with E-state index in [9.17, 15) is 4.79 Å². The topological polar surface area (TPSA) is 66.6 Å². The molecule has 0 bridgehead atoms. The summed E-state index contributed by atoms with van der Waals surface area (Å²) in [5, 5.41) is 9.14. The zero-order chi connectivity index (χ0) is 13.2. The lowest BCUT2D eigenvalue weighted by Crippen LogP contribution is -2.50. The number of carbonyl (C=O) groups excluding carboxylic acids is 1. The Bertz CT molecular complexity index is 557. The minimum Gasteiger partial charge on any atom is -0.506 e. The van der Waals surface area contributed by atoms with Crippen LogP contribution in [0.3, 0.4) is 0 Å². The van der Waals surface area contributed by atoms with Gasteiger partial charge in [-0.3, -0.25) is 4.79 Å². The molecule has 5 nitrogen and oxygen atoms in total. The average molecular weight is 258 g/mol. The summed E-state index contributed by atoms with van der Waals surface area (Å²) in [5.74, 6) is 1.39. The molecule has 0 radical (unpaired) electrons. The van der Waals surface area contributed by atoms with Gasteiger partial charge in [-0.25, -0.2) is 4.98 Å². The molecule has 0 saturated carbocycles. The molecule has 1 amide bonds. The van der Waals surface area contributed by atoms with Crippen LogP contribution < -0.4 is 0 Å². The van der Waals surface area contributed by atoms with E-state index in [1.54, 1.807) is 11.2 Å². The van der Waals surface area contributed by atoms with Gasteiger partial charge in [0.05, 0.1) is 12.5 Å². The highest BCUT2D eigenvalue weighted by atomic mass is 16.3. The Labute approximate surface area is 110 Å². The van der Waals surface area contributed by atoms with Crippen molar-refractivity contribution in [3.63, 3.8) is 0 Å².